The van der Waals surface area contributed by atoms with E-state index in [1.807, 2.05) is 16.7 Å². The van der Waals surface area contributed by atoms with Gasteiger partial charge < -0.3 is 10.3 Å². The number of nitrogens with two attached hydrogens (primary N) is 1. The predicted molar refractivity (Wildman–Crippen MR) is 73.1 cm³/mol. The predicted octanol–water partition coefficient (Wildman–Crippen LogP) is 3.24. The largest absolute Gasteiger partial charge is 0.369 e. The Morgan fingerprint density at radius 3 is 2.94 bits per heavy atom. The van der Waals surface area contributed by atoms with E-state index < -0.39 is 0 Å². The highest BCUT2D eigenvalue weighted by Crippen LogP contribution is 2.26. The molecular weight excluding hydrogens is 224 g/mol. The smallest absolute Gasteiger partial charge is 0.201 e. The van der Waals surface area contributed by atoms with Crippen molar-refractivity contribution in [1.82, 2.24) is 9.55 Å². The van der Waals surface area contributed by atoms with Gasteiger partial charge in [-0.25, -0.2) is 4.98 Å². The second-order valence-corrected chi connectivity index (χ2v) is 4.65. The van der Waals surface area contributed by atoms with Gasteiger partial charge in [0, 0.05) is 6.04 Å². The molecule has 1 heterocycles. The standard InChI is InChI=1S/C14H18N4/c1-3-4-5-10(2)18-13-8-11(9-15)6-7-12(13)17-14(18)16/h6-8,10H,3-5H2,1-2H3,(H2,16,17). The Morgan fingerprint density at radius 2 is 2.28 bits per heavy atom. The van der Waals surface area contributed by atoms with Crippen LogP contribution in [0.2, 0.25) is 0 Å². The van der Waals surface area contributed by atoms with E-state index in [9.17, 15) is 0 Å². The Bertz CT molecular complexity index is 592. The van der Waals surface area contributed by atoms with Gasteiger partial charge in [-0.2, -0.15) is 5.26 Å². The molecule has 1 atom stereocenters. The molecule has 94 valence electrons. The molecule has 18 heavy (non-hydrogen) atoms. The molecule has 1 aromatic carbocycles. The summed E-state index contributed by atoms with van der Waals surface area (Å²) in [5.74, 6) is 0.531. The van der Waals surface area contributed by atoms with Gasteiger partial charge in [0.2, 0.25) is 5.95 Å². The number of aromatic nitrogens is 2. The summed E-state index contributed by atoms with van der Waals surface area (Å²) in [6.07, 6.45) is 3.40. The second kappa shape index (κ2) is 5.09. The van der Waals surface area contributed by atoms with Gasteiger partial charge in [-0.3, -0.25) is 0 Å². The highest BCUT2D eigenvalue weighted by atomic mass is 15.2. The molecule has 0 bridgehead atoms. The number of rotatable bonds is 4. The lowest BCUT2D eigenvalue weighted by atomic mass is 10.1. The number of hydrogen-bond donors (Lipinski definition) is 1. The fourth-order valence-electron chi connectivity index (χ4n) is 2.27. The maximum atomic E-state index is 8.96. The number of imidazole rings is 1. The highest BCUT2D eigenvalue weighted by molar-refractivity contribution is 5.80. The van der Waals surface area contributed by atoms with Crippen LogP contribution in [0.15, 0.2) is 18.2 Å². The average Bonchev–Trinajstić information content (AvgIpc) is 2.70. The quantitative estimate of drug-likeness (QED) is 0.894. The molecule has 4 heteroatoms. The van der Waals surface area contributed by atoms with Crippen molar-refractivity contribution < 1.29 is 0 Å². The van der Waals surface area contributed by atoms with Crippen LogP contribution in [-0.2, 0) is 0 Å². The van der Waals surface area contributed by atoms with E-state index >= 15 is 0 Å². The van der Waals surface area contributed by atoms with E-state index in [0.717, 1.165) is 23.9 Å². The van der Waals surface area contributed by atoms with Crippen molar-refractivity contribution >= 4 is 17.0 Å². The molecular formula is C14H18N4. The molecule has 1 aromatic heterocycles. The van der Waals surface area contributed by atoms with E-state index in [-0.39, 0.29) is 0 Å². The number of nitrogens with zero attached hydrogens (tertiary/aromatic N) is 3. The van der Waals surface area contributed by atoms with Crippen molar-refractivity contribution in [2.24, 2.45) is 0 Å². The molecule has 0 radical (unpaired) electrons. The normalized spacial score (nSPS) is 12.5. The topological polar surface area (TPSA) is 67.6 Å². The molecule has 0 spiro atoms. The first-order chi connectivity index (χ1) is 8.67. The third-order valence-electron chi connectivity index (χ3n) is 3.26. The van der Waals surface area contributed by atoms with Crippen LogP contribution in [0.5, 0.6) is 0 Å². The van der Waals surface area contributed by atoms with Gasteiger partial charge in [-0.15, -0.1) is 0 Å². The third-order valence-corrected chi connectivity index (χ3v) is 3.26. The molecule has 0 amide bonds. The monoisotopic (exact) mass is 242 g/mol. The van der Waals surface area contributed by atoms with Gasteiger partial charge in [-0.05, 0) is 31.5 Å². The van der Waals surface area contributed by atoms with Gasteiger partial charge in [0.1, 0.15) is 0 Å². The highest BCUT2D eigenvalue weighted by Gasteiger charge is 2.13. The number of benzene rings is 1. The molecule has 0 aliphatic rings. The van der Waals surface area contributed by atoms with E-state index in [2.05, 4.69) is 24.9 Å². The van der Waals surface area contributed by atoms with Crippen LogP contribution in [0, 0.1) is 11.3 Å². The lowest BCUT2D eigenvalue weighted by Crippen LogP contribution is -2.08. The minimum atomic E-state index is 0.309. The molecule has 0 aliphatic carbocycles. The molecule has 0 saturated heterocycles. The summed E-state index contributed by atoms with van der Waals surface area (Å²) < 4.78 is 2.03. The Balaban J connectivity index is 2.48. The number of fused-ring (bicyclic) bond motifs is 1. The zero-order chi connectivity index (χ0) is 13.1. The second-order valence-electron chi connectivity index (χ2n) is 4.65. The molecule has 2 aromatic rings. The zero-order valence-corrected chi connectivity index (χ0v) is 10.8. The SMILES string of the molecule is CCCCC(C)n1c(N)nc2ccc(C#N)cc21. The van der Waals surface area contributed by atoms with Crippen molar-refractivity contribution in [3.05, 3.63) is 23.8 Å². The molecule has 0 aliphatic heterocycles. The summed E-state index contributed by atoms with van der Waals surface area (Å²) in [6, 6.07) is 7.96. The first-order valence-corrected chi connectivity index (χ1v) is 6.35. The molecule has 2 N–H and O–H groups in total. The minimum absolute atomic E-state index is 0.309. The van der Waals surface area contributed by atoms with Gasteiger partial charge in [0.25, 0.3) is 0 Å². The Morgan fingerprint density at radius 1 is 1.50 bits per heavy atom. The Hall–Kier alpha value is -2.02. The maximum absolute atomic E-state index is 8.96. The van der Waals surface area contributed by atoms with Crippen molar-refractivity contribution in [2.75, 3.05) is 5.73 Å². The minimum Gasteiger partial charge on any atom is -0.369 e. The number of nitriles is 1. The van der Waals surface area contributed by atoms with E-state index in [1.54, 1.807) is 6.07 Å². The summed E-state index contributed by atoms with van der Waals surface area (Å²) in [5.41, 5.74) is 8.44. The van der Waals surface area contributed by atoms with Gasteiger partial charge in [-0.1, -0.05) is 19.8 Å². The maximum Gasteiger partial charge on any atom is 0.201 e. The van der Waals surface area contributed by atoms with E-state index in [1.165, 1.54) is 6.42 Å². The van der Waals surface area contributed by atoms with Crippen molar-refractivity contribution in [3.8, 4) is 6.07 Å². The summed E-state index contributed by atoms with van der Waals surface area (Å²) in [4.78, 5) is 4.35. The van der Waals surface area contributed by atoms with Gasteiger partial charge in [0.05, 0.1) is 22.7 Å². The molecule has 1 unspecified atom stereocenters. The van der Waals surface area contributed by atoms with Crippen LogP contribution in [0.3, 0.4) is 0 Å². The number of hydrogen-bond acceptors (Lipinski definition) is 3. The summed E-state index contributed by atoms with van der Waals surface area (Å²) in [6.45, 7) is 4.32. The van der Waals surface area contributed by atoms with E-state index in [0.29, 0.717) is 17.6 Å². The summed E-state index contributed by atoms with van der Waals surface area (Å²) in [5, 5.41) is 8.96. The Labute approximate surface area is 107 Å². The van der Waals surface area contributed by atoms with Crippen molar-refractivity contribution in [3.63, 3.8) is 0 Å². The fraction of sp³-hybridized carbons (Fsp3) is 0.429. The molecule has 0 saturated carbocycles. The zero-order valence-electron chi connectivity index (χ0n) is 10.8. The number of anilines is 1. The average molecular weight is 242 g/mol. The number of unbranched alkanes of at least 4 members (excludes halogenated alkanes) is 1. The van der Waals surface area contributed by atoms with E-state index in [4.69, 9.17) is 11.0 Å². The van der Waals surface area contributed by atoms with Crippen molar-refractivity contribution in [2.45, 2.75) is 39.2 Å². The lowest BCUT2D eigenvalue weighted by molar-refractivity contribution is 0.501. The van der Waals surface area contributed by atoms with Crippen LogP contribution < -0.4 is 5.73 Å². The van der Waals surface area contributed by atoms with Crippen LogP contribution in [0.4, 0.5) is 5.95 Å². The van der Waals surface area contributed by atoms with Crippen LogP contribution in [0.1, 0.15) is 44.7 Å². The fourth-order valence-corrected chi connectivity index (χ4v) is 2.27. The molecule has 0 fully saturated rings. The van der Waals surface area contributed by atoms with Crippen molar-refractivity contribution in [1.29, 1.82) is 5.26 Å². The number of nitrogen functional groups attached to an aromatic ring is 1. The van der Waals surface area contributed by atoms with Crippen LogP contribution in [-0.4, -0.2) is 9.55 Å². The van der Waals surface area contributed by atoms with Gasteiger partial charge in [0.15, 0.2) is 0 Å². The van der Waals surface area contributed by atoms with Crippen LogP contribution >= 0.6 is 0 Å². The molecule has 4 nitrogen and oxygen atoms in total. The molecule has 2 rings (SSSR count). The lowest BCUT2D eigenvalue weighted by Gasteiger charge is -2.15. The third kappa shape index (κ3) is 2.17. The summed E-state index contributed by atoms with van der Waals surface area (Å²) in [7, 11) is 0. The first kappa shape index (κ1) is 12.4. The Kier molecular flexibility index (Phi) is 3.52. The van der Waals surface area contributed by atoms with Gasteiger partial charge >= 0.3 is 0 Å². The first-order valence-electron chi connectivity index (χ1n) is 6.35. The van der Waals surface area contributed by atoms with Crippen LogP contribution in [0.25, 0.3) is 11.0 Å². The summed E-state index contributed by atoms with van der Waals surface area (Å²) >= 11 is 0.